The summed E-state index contributed by atoms with van der Waals surface area (Å²) in [6, 6.07) is 0. The molecule has 0 bridgehead atoms. The summed E-state index contributed by atoms with van der Waals surface area (Å²) in [5.41, 5.74) is 13.3. The number of azide groups is 1. The van der Waals surface area contributed by atoms with E-state index in [1.807, 2.05) is 0 Å². The Morgan fingerprint density at radius 3 is 3.00 bits per heavy atom. The van der Waals surface area contributed by atoms with Gasteiger partial charge in [0, 0.05) is 11.0 Å². The van der Waals surface area contributed by atoms with Crippen molar-refractivity contribution in [2.24, 2.45) is 4.52 Å². The topological polar surface area (TPSA) is 110 Å². The average molecular weight is 258 g/mol. The molecule has 1 saturated heterocycles. The van der Waals surface area contributed by atoms with Crippen LogP contribution in [-0.4, -0.2) is 12.8 Å². The molecular weight excluding hydrogens is 251 g/mol. The van der Waals surface area contributed by atoms with Crippen LogP contribution in [0, 0.1) is 0 Å². The highest BCUT2D eigenvalue weighted by Gasteiger charge is 2.31. The summed E-state index contributed by atoms with van der Waals surface area (Å²) < 4.78 is 39.4. The largest absolute Gasteiger partial charge is 0.339 e. The molecule has 0 atom stereocenters. The van der Waals surface area contributed by atoms with Gasteiger partial charge in [-0.05, 0) is 18.0 Å². The van der Waals surface area contributed by atoms with Gasteiger partial charge < -0.3 is 5.43 Å². The normalized spacial score (nSPS) is 19.1. The highest BCUT2D eigenvalue weighted by atomic mass is 32.2. The SMILES string of the molecule is [N-]=[N+]=NS(=O)(=O)N1NNC2=CC(F)=CCC=C21. The molecule has 2 N–H and O–H groups in total. The quantitative estimate of drug-likeness (QED) is 0.435. The molecule has 0 spiro atoms. The lowest BCUT2D eigenvalue weighted by Gasteiger charge is -2.13. The minimum atomic E-state index is -4.20. The third-order valence-electron chi connectivity index (χ3n) is 2.06. The third-order valence-corrected chi connectivity index (χ3v) is 3.09. The molecule has 0 saturated carbocycles. The van der Waals surface area contributed by atoms with Gasteiger partial charge in [-0.25, -0.2) is 4.39 Å². The predicted molar refractivity (Wildman–Crippen MR) is 56.2 cm³/mol. The van der Waals surface area contributed by atoms with E-state index in [0.717, 1.165) is 6.08 Å². The van der Waals surface area contributed by atoms with Gasteiger partial charge in [0.25, 0.3) is 0 Å². The minimum absolute atomic E-state index is 0.182. The van der Waals surface area contributed by atoms with Gasteiger partial charge >= 0.3 is 10.2 Å². The Kier molecular flexibility index (Phi) is 2.76. The summed E-state index contributed by atoms with van der Waals surface area (Å²) >= 11 is 0. The number of fused-ring (bicyclic) bond motifs is 1. The maximum Gasteiger partial charge on any atom is 0.339 e. The van der Waals surface area contributed by atoms with Crippen LogP contribution in [0.4, 0.5) is 4.39 Å². The van der Waals surface area contributed by atoms with E-state index in [9.17, 15) is 12.8 Å². The van der Waals surface area contributed by atoms with Crippen molar-refractivity contribution in [2.75, 3.05) is 0 Å². The zero-order chi connectivity index (χ0) is 12.5. The Labute approximate surface area is 95.8 Å². The maximum atomic E-state index is 13.1. The van der Waals surface area contributed by atoms with Crippen LogP contribution in [-0.2, 0) is 10.2 Å². The van der Waals surface area contributed by atoms with Crippen molar-refractivity contribution in [3.8, 4) is 0 Å². The molecule has 1 heterocycles. The summed E-state index contributed by atoms with van der Waals surface area (Å²) in [6.07, 6.45) is 4.14. The third kappa shape index (κ3) is 2.09. The van der Waals surface area contributed by atoms with Crippen molar-refractivity contribution in [3.05, 3.63) is 45.9 Å². The molecule has 10 heteroatoms. The molecular formula is C7H7FN6O2S. The van der Waals surface area contributed by atoms with Crippen LogP contribution in [0.25, 0.3) is 10.4 Å². The molecule has 17 heavy (non-hydrogen) atoms. The minimum Gasteiger partial charge on any atom is -0.301 e. The van der Waals surface area contributed by atoms with Gasteiger partial charge in [0.2, 0.25) is 0 Å². The van der Waals surface area contributed by atoms with Crippen molar-refractivity contribution in [3.63, 3.8) is 0 Å². The van der Waals surface area contributed by atoms with E-state index < -0.39 is 16.0 Å². The number of hydrogen-bond donors (Lipinski definition) is 2. The number of rotatable bonds is 2. The van der Waals surface area contributed by atoms with Crippen LogP contribution in [0.15, 0.2) is 40.0 Å². The summed E-state index contributed by atoms with van der Waals surface area (Å²) in [4.78, 5) is 2.22. The molecule has 0 aromatic heterocycles. The van der Waals surface area contributed by atoms with Crippen LogP contribution in [0.2, 0.25) is 0 Å². The van der Waals surface area contributed by atoms with E-state index in [1.165, 1.54) is 12.2 Å². The first-order valence-corrected chi connectivity index (χ1v) is 5.85. The second-order valence-electron chi connectivity index (χ2n) is 3.12. The van der Waals surface area contributed by atoms with Crippen molar-refractivity contribution in [1.82, 2.24) is 15.4 Å². The first-order valence-electron chi connectivity index (χ1n) is 4.46. The second kappa shape index (κ2) is 4.09. The Balaban J connectivity index is 2.42. The molecule has 0 aromatic carbocycles. The fourth-order valence-electron chi connectivity index (χ4n) is 1.39. The lowest BCUT2D eigenvalue weighted by Crippen LogP contribution is -2.38. The Hall–Kier alpha value is -2.03. The fraction of sp³-hybridized carbons (Fsp3) is 0.143. The van der Waals surface area contributed by atoms with E-state index in [0.29, 0.717) is 4.41 Å². The fourth-order valence-corrected chi connectivity index (χ4v) is 2.14. The standard InChI is InChI=1S/C7H7FN6O2S/c8-5-2-1-3-7-6(4-5)10-12-14(7)17(15,16)13-11-9/h2-4,10,12H,1H2. The summed E-state index contributed by atoms with van der Waals surface area (Å²) in [5, 5.41) is 0. The van der Waals surface area contributed by atoms with Gasteiger partial charge in [0.1, 0.15) is 5.83 Å². The van der Waals surface area contributed by atoms with Crippen LogP contribution in [0.5, 0.6) is 0 Å². The van der Waals surface area contributed by atoms with Gasteiger partial charge in [0.15, 0.2) is 0 Å². The molecule has 2 rings (SSSR count). The lowest BCUT2D eigenvalue weighted by molar-refractivity contribution is 0.399. The maximum absolute atomic E-state index is 13.1. The predicted octanol–water partition coefficient (Wildman–Crippen LogP) is 0.891. The molecule has 1 aliphatic heterocycles. The van der Waals surface area contributed by atoms with Gasteiger partial charge in [-0.3, -0.25) is 0 Å². The van der Waals surface area contributed by atoms with Crippen molar-refractivity contribution in [2.45, 2.75) is 6.42 Å². The Morgan fingerprint density at radius 1 is 1.53 bits per heavy atom. The highest BCUT2D eigenvalue weighted by molar-refractivity contribution is 7.87. The molecule has 0 radical (unpaired) electrons. The van der Waals surface area contributed by atoms with Gasteiger partial charge in [-0.2, -0.15) is 12.8 Å². The first-order chi connectivity index (χ1) is 8.04. The number of nitrogens with one attached hydrogen (secondary N) is 2. The number of hydrogen-bond acceptors (Lipinski definition) is 4. The second-order valence-corrected chi connectivity index (χ2v) is 4.55. The van der Waals surface area contributed by atoms with E-state index in [2.05, 4.69) is 20.4 Å². The highest BCUT2D eigenvalue weighted by Crippen LogP contribution is 2.25. The van der Waals surface area contributed by atoms with E-state index in [4.69, 9.17) is 5.53 Å². The monoisotopic (exact) mass is 258 g/mol. The van der Waals surface area contributed by atoms with Crippen LogP contribution in [0.1, 0.15) is 6.42 Å². The number of hydrazine groups is 2. The van der Waals surface area contributed by atoms with Crippen molar-refractivity contribution < 1.29 is 12.8 Å². The Morgan fingerprint density at radius 2 is 2.29 bits per heavy atom. The molecule has 0 amide bonds. The smallest absolute Gasteiger partial charge is 0.301 e. The van der Waals surface area contributed by atoms with E-state index in [-0.39, 0.29) is 17.8 Å². The summed E-state index contributed by atoms with van der Waals surface area (Å²) in [6.45, 7) is 0. The molecule has 1 aliphatic carbocycles. The van der Waals surface area contributed by atoms with Gasteiger partial charge in [-0.1, -0.05) is 6.08 Å². The van der Waals surface area contributed by atoms with Crippen LogP contribution in [0.3, 0.4) is 0 Å². The summed E-state index contributed by atoms with van der Waals surface area (Å²) in [7, 11) is -4.20. The van der Waals surface area contributed by atoms with Gasteiger partial charge in [-0.15, -0.1) is 5.53 Å². The summed E-state index contributed by atoms with van der Waals surface area (Å²) in [5.74, 6) is -0.483. The average Bonchev–Trinajstić information content (AvgIpc) is 2.54. The number of nitrogens with zero attached hydrogens (tertiary/aromatic N) is 4. The molecule has 90 valence electrons. The first kappa shape index (κ1) is 11.5. The van der Waals surface area contributed by atoms with Crippen molar-refractivity contribution in [1.29, 1.82) is 0 Å². The lowest BCUT2D eigenvalue weighted by atomic mass is 10.3. The number of allylic oxidation sites excluding steroid dienone is 4. The molecule has 1 fully saturated rings. The van der Waals surface area contributed by atoms with Crippen molar-refractivity contribution >= 4 is 10.2 Å². The van der Waals surface area contributed by atoms with E-state index in [1.54, 1.807) is 0 Å². The zero-order valence-electron chi connectivity index (χ0n) is 8.33. The molecule has 0 unspecified atom stereocenters. The molecule has 0 aromatic rings. The Bertz CT molecular complexity index is 585. The zero-order valence-corrected chi connectivity index (χ0v) is 9.15. The molecule has 2 aliphatic rings. The number of halogens is 1. The van der Waals surface area contributed by atoms with Crippen LogP contribution < -0.4 is 11.0 Å². The van der Waals surface area contributed by atoms with E-state index >= 15 is 0 Å². The van der Waals surface area contributed by atoms with Gasteiger partial charge in [0.05, 0.1) is 15.9 Å². The molecule has 8 nitrogen and oxygen atoms in total. The van der Waals surface area contributed by atoms with Crippen LogP contribution >= 0.6 is 0 Å².